The van der Waals surface area contributed by atoms with Crippen molar-refractivity contribution in [2.45, 2.75) is 6.42 Å². The second-order valence-corrected chi connectivity index (χ2v) is 0.569. The standard InChI is InChI=1S/C3H4O2.Na.H2O.H/c4-2-1-3-5;;;/h2-3H,1H2;;1H2;/q;+1;;-1. The van der Waals surface area contributed by atoms with Crippen LogP contribution in [0.1, 0.15) is 7.85 Å². The fourth-order valence-electron chi connectivity index (χ4n) is 0.0393. The Kier molecular flexibility index (Phi) is 36.4. The maximum Gasteiger partial charge on any atom is 1.00 e. The first kappa shape index (κ1) is 15.7. The molecule has 0 rings (SSSR count). The quantitative estimate of drug-likeness (QED) is 0.209. The smallest absolute Gasteiger partial charge is 1.00 e. The van der Waals surface area contributed by atoms with Crippen molar-refractivity contribution in [1.82, 2.24) is 0 Å². The fraction of sp³-hybridized carbons (Fsp3) is 0.333. The van der Waals surface area contributed by atoms with Crippen molar-refractivity contribution < 1.29 is 46.0 Å². The molecule has 0 aliphatic rings. The Hall–Kier alpha value is 0.300. The van der Waals surface area contributed by atoms with E-state index in [1.807, 2.05) is 0 Å². The van der Waals surface area contributed by atoms with Crippen LogP contribution in [-0.4, -0.2) is 18.0 Å². The zero-order valence-corrected chi connectivity index (χ0v) is 6.18. The van der Waals surface area contributed by atoms with Crippen LogP contribution in [-0.2, 0) is 9.59 Å². The topological polar surface area (TPSA) is 65.6 Å². The second kappa shape index (κ2) is 16.3. The van der Waals surface area contributed by atoms with Gasteiger partial charge in [-0.05, 0) is 0 Å². The Bertz CT molecular complexity index is 43.8. The van der Waals surface area contributed by atoms with Crippen molar-refractivity contribution in [3.8, 4) is 0 Å². The van der Waals surface area contributed by atoms with Crippen molar-refractivity contribution in [3.63, 3.8) is 0 Å². The van der Waals surface area contributed by atoms with Crippen LogP contribution < -0.4 is 29.6 Å². The molecule has 0 bridgehead atoms. The average molecular weight is 114 g/mol. The number of aldehydes is 2. The van der Waals surface area contributed by atoms with Crippen LogP contribution in [0.5, 0.6) is 0 Å². The van der Waals surface area contributed by atoms with E-state index in [0.29, 0.717) is 12.6 Å². The Morgan fingerprint density at radius 3 is 1.57 bits per heavy atom. The molecule has 0 heterocycles. The van der Waals surface area contributed by atoms with Crippen molar-refractivity contribution in [3.05, 3.63) is 0 Å². The van der Waals surface area contributed by atoms with E-state index < -0.39 is 0 Å². The molecule has 0 aromatic heterocycles. The van der Waals surface area contributed by atoms with E-state index in [1.54, 1.807) is 0 Å². The summed E-state index contributed by atoms with van der Waals surface area (Å²) in [7, 11) is 0. The number of carbonyl (C=O) groups excluding carboxylic acids is 2. The molecule has 0 unspecified atom stereocenters. The summed E-state index contributed by atoms with van der Waals surface area (Å²) in [6, 6.07) is 0. The molecule has 4 heteroatoms. The van der Waals surface area contributed by atoms with E-state index in [1.165, 1.54) is 0 Å². The van der Waals surface area contributed by atoms with Gasteiger partial charge in [0.1, 0.15) is 12.6 Å². The van der Waals surface area contributed by atoms with Gasteiger partial charge in [0.05, 0.1) is 6.42 Å². The van der Waals surface area contributed by atoms with Crippen molar-refractivity contribution >= 4 is 12.6 Å². The van der Waals surface area contributed by atoms with Gasteiger partial charge < -0.3 is 16.5 Å². The van der Waals surface area contributed by atoms with Gasteiger partial charge in [-0.1, -0.05) is 0 Å². The minimum atomic E-state index is 0. The summed E-state index contributed by atoms with van der Waals surface area (Å²) in [5.74, 6) is 0. The Morgan fingerprint density at radius 1 is 1.29 bits per heavy atom. The van der Waals surface area contributed by atoms with E-state index >= 15 is 0 Å². The van der Waals surface area contributed by atoms with E-state index in [-0.39, 0.29) is 42.9 Å². The first-order valence-electron chi connectivity index (χ1n) is 1.29. The number of hydrogen-bond donors (Lipinski definition) is 0. The molecule has 7 heavy (non-hydrogen) atoms. The van der Waals surface area contributed by atoms with E-state index in [0.717, 1.165) is 0 Å². The summed E-state index contributed by atoms with van der Waals surface area (Å²) >= 11 is 0. The molecule has 0 saturated heterocycles. The SMILES string of the molecule is O.O=CCC=O.[H-].[Na+]. The minimum Gasteiger partial charge on any atom is -1.00 e. The molecule has 0 aliphatic heterocycles. The molecule has 0 fully saturated rings. The molecule has 0 radical (unpaired) electrons. The van der Waals surface area contributed by atoms with Crippen LogP contribution in [0.4, 0.5) is 0 Å². The van der Waals surface area contributed by atoms with Crippen molar-refractivity contribution in [1.29, 1.82) is 0 Å². The third-order valence-electron chi connectivity index (χ3n) is 0.192. The Morgan fingerprint density at radius 2 is 1.57 bits per heavy atom. The van der Waals surface area contributed by atoms with E-state index in [4.69, 9.17) is 0 Å². The molecular weight excluding hydrogens is 107 g/mol. The third-order valence-corrected chi connectivity index (χ3v) is 0.192. The molecule has 0 aromatic rings. The zero-order valence-electron chi connectivity index (χ0n) is 5.18. The summed E-state index contributed by atoms with van der Waals surface area (Å²) in [6.07, 6.45) is 1.15. The normalized spacial score (nSPS) is 4.57. The van der Waals surface area contributed by atoms with Gasteiger partial charge in [0.25, 0.3) is 0 Å². The largest absolute Gasteiger partial charge is 1.00 e. The molecule has 0 amide bonds. The minimum absolute atomic E-state index is 0. The fourth-order valence-corrected chi connectivity index (χ4v) is 0.0393. The molecule has 0 spiro atoms. The predicted molar refractivity (Wildman–Crippen MR) is 21.5 cm³/mol. The number of hydrogen-bond acceptors (Lipinski definition) is 2. The molecule has 2 N–H and O–H groups in total. The second-order valence-electron chi connectivity index (χ2n) is 0.569. The number of carbonyl (C=O) groups is 2. The zero-order chi connectivity index (χ0) is 4.12. The summed E-state index contributed by atoms with van der Waals surface area (Å²) < 4.78 is 0. The van der Waals surface area contributed by atoms with Gasteiger partial charge in [-0.15, -0.1) is 0 Å². The number of rotatable bonds is 2. The first-order chi connectivity index (χ1) is 2.41. The van der Waals surface area contributed by atoms with Gasteiger partial charge >= 0.3 is 29.6 Å². The maximum absolute atomic E-state index is 9.17. The molecule has 38 valence electrons. The molecule has 3 nitrogen and oxygen atoms in total. The summed E-state index contributed by atoms with van der Waals surface area (Å²) in [6.45, 7) is 0. The average Bonchev–Trinajstić information content (AvgIpc) is 1.41. The van der Waals surface area contributed by atoms with Crippen LogP contribution in [0.2, 0.25) is 0 Å². The van der Waals surface area contributed by atoms with Gasteiger partial charge in [0.2, 0.25) is 0 Å². The van der Waals surface area contributed by atoms with Crippen LogP contribution in [0.25, 0.3) is 0 Å². The van der Waals surface area contributed by atoms with E-state index in [2.05, 4.69) is 0 Å². The van der Waals surface area contributed by atoms with Crippen molar-refractivity contribution in [2.75, 3.05) is 0 Å². The molecule has 0 aliphatic carbocycles. The van der Waals surface area contributed by atoms with E-state index in [9.17, 15) is 9.59 Å². The van der Waals surface area contributed by atoms with Gasteiger partial charge in [0, 0.05) is 0 Å². The predicted octanol–water partition coefficient (Wildman–Crippen LogP) is -3.93. The first-order valence-corrected chi connectivity index (χ1v) is 1.29. The van der Waals surface area contributed by atoms with Crippen molar-refractivity contribution in [2.24, 2.45) is 0 Å². The van der Waals surface area contributed by atoms with Gasteiger partial charge in [-0.25, -0.2) is 0 Å². The van der Waals surface area contributed by atoms with Crippen LogP contribution in [0, 0.1) is 0 Å². The molecule has 0 saturated carbocycles. The summed E-state index contributed by atoms with van der Waals surface area (Å²) in [5.41, 5.74) is 0. The third kappa shape index (κ3) is 22.0. The van der Waals surface area contributed by atoms with Gasteiger partial charge in [0.15, 0.2) is 0 Å². The summed E-state index contributed by atoms with van der Waals surface area (Å²) in [4.78, 5) is 18.3. The monoisotopic (exact) mass is 114 g/mol. The Balaban J connectivity index is -0.0000000267. The van der Waals surface area contributed by atoms with Crippen LogP contribution in [0.15, 0.2) is 0 Å². The molecule has 0 atom stereocenters. The summed E-state index contributed by atoms with van der Waals surface area (Å²) in [5, 5.41) is 0. The Labute approximate surface area is 65.2 Å². The van der Waals surface area contributed by atoms with Gasteiger partial charge in [-0.2, -0.15) is 0 Å². The molecular formula is C3H7NaO3. The maximum atomic E-state index is 9.17. The van der Waals surface area contributed by atoms with Crippen LogP contribution in [0.3, 0.4) is 0 Å². The van der Waals surface area contributed by atoms with Gasteiger partial charge in [-0.3, -0.25) is 0 Å². The van der Waals surface area contributed by atoms with Crippen LogP contribution >= 0.6 is 0 Å². The molecule has 0 aromatic carbocycles.